The summed E-state index contributed by atoms with van der Waals surface area (Å²) in [7, 11) is -1.94. The maximum Gasteiger partial charge on any atom is 0.257 e. The molecule has 0 aliphatic heterocycles. The first-order valence-electron chi connectivity index (χ1n) is 8.44. The Morgan fingerprint density at radius 1 is 1.11 bits per heavy atom. The quantitative estimate of drug-likeness (QED) is 0.614. The predicted molar refractivity (Wildman–Crippen MR) is 109 cm³/mol. The minimum atomic E-state index is -3.55. The number of nitrogens with one attached hydrogen (secondary N) is 2. The highest BCUT2D eigenvalue weighted by Gasteiger charge is 2.14. The van der Waals surface area contributed by atoms with E-state index in [0.717, 1.165) is 17.0 Å². The largest absolute Gasteiger partial charge is 0.497 e. The number of benzene rings is 2. The van der Waals surface area contributed by atoms with Crippen LogP contribution in [0.3, 0.4) is 0 Å². The van der Waals surface area contributed by atoms with Gasteiger partial charge in [0, 0.05) is 23.1 Å². The molecule has 0 bridgehead atoms. The van der Waals surface area contributed by atoms with Crippen LogP contribution in [0, 0.1) is 0 Å². The van der Waals surface area contributed by atoms with Crippen LogP contribution in [-0.2, 0) is 10.0 Å². The van der Waals surface area contributed by atoms with E-state index in [1.807, 2.05) is 29.6 Å². The third kappa shape index (κ3) is 4.56. The van der Waals surface area contributed by atoms with Gasteiger partial charge in [-0.15, -0.1) is 11.3 Å². The number of methoxy groups -OCH3 is 1. The number of sulfonamides is 1. The monoisotopic (exact) mass is 417 g/mol. The number of nitrogens with zero attached hydrogens (tertiary/aromatic N) is 1. The number of hydrogen-bond donors (Lipinski definition) is 2. The summed E-state index contributed by atoms with van der Waals surface area (Å²) < 4.78 is 31.5. The zero-order chi connectivity index (χ0) is 20.1. The molecule has 3 rings (SSSR count). The Bertz CT molecular complexity index is 1060. The van der Waals surface area contributed by atoms with Crippen molar-refractivity contribution in [3.8, 4) is 17.0 Å². The second-order valence-corrected chi connectivity index (χ2v) is 8.37. The summed E-state index contributed by atoms with van der Waals surface area (Å²) >= 11 is 1.31. The number of ether oxygens (including phenoxy) is 1. The molecule has 2 aromatic carbocycles. The molecule has 7 nitrogen and oxygen atoms in total. The molecule has 28 heavy (non-hydrogen) atoms. The van der Waals surface area contributed by atoms with Crippen LogP contribution in [0.5, 0.6) is 5.75 Å². The number of carbonyl (C=O) groups is 1. The van der Waals surface area contributed by atoms with Crippen molar-refractivity contribution in [1.82, 2.24) is 9.71 Å². The first-order chi connectivity index (χ1) is 13.4. The first kappa shape index (κ1) is 20.0. The molecule has 0 unspecified atom stereocenters. The van der Waals surface area contributed by atoms with E-state index in [9.17, 15) is 13.2 Å². The SMILES string of the molecule is CCNS(=O)(=O)c1ccc(C(=O)Nc2nc(-c3ccc(OC)cc3)cs2)cc1. The third-order valence-electron chi connectivity index (χ3n) is 3.87. The van der Waals surface area contributed by atoms with Gasteiger partial charge in [0.05, 0.1) is 17.7 Å². The standard InChI is InChI=1S/C19H19N3O4S2/c1-3-20-28(24,25)16-10-6-14(7-11-16)18(23)22-19-21-17(12-27-19)13-4-8-15(26-2)9-5-13/h4-12,20H,3H2,1-2H3,(H,21,22,23). The fourth-order valence-electron chi connectivity index (χ4n) is 2.45. The maximum absolute atomic E-state index is 12.4. The lowest BCUT2D eigenvalue weighted by Crippen LogP contribution is -2.23. The number of hydrogen-bond acceptors (Lipinski definition) is 6. The Balaban J connectivity index is 1.70. The summed E-state index contributed by atoms with van der Waals surface area (Å²) in [5.41, 5.74) is 2.00. The molecule has 2 N–H and O–H groups in total. The van der Waals surface area contributed by atoms with Crippen LogP contribution in [-0.4, -0.2) is 33.0 Å². The van der Waals surface area contributed by atoms with E-state index in [2.05, 4.69) is 15.0 Å². The molecule has 0 aliphatic rings. The van der Waals surface area contributed by atoms with Crippen molar-refractivity contribution < 1.29 is 17.9 Å². The van der Waals surface area contributed by atoms with Crippen LogP contribution >= 0.6 is 11.3 Å². The summed E-state index contributed by atoms with van der Waals surface area (Å²) in [5, 5.41) is 5.04. The smallest absolute Gasteiger partial charge is 0.257 e. The number of anilines is 1. The van der Waals surface area contributed by atoms with Crippen molar-refractivity contribution in [1.29, 1.82) is 0 Å². The van der Waals surface area contributed by atoms with Crippen LogP contribution in [0.4, 0.5) is 5.13 Å². The van der Waals surface area contributed by atoms with Crippen molar-refractivity contribution in [2.75, 3.05) is 19.0 Å². The van der Waals surface area contributed by atoms with E-state index < -0.39 is 10.0 Å². The van der Waals surface area contributed by atoms with Gasteiger partial charge in [0.1, 0.15) is 5.75 Å². The van der Waals surface area contributed by atoms with E-state index in [-0.39, 0.29) is 10.8 Å². The van der Waals surface area contributed by atoms with Crippen molar-refractivity contribution in [3.05, 3.63) is 59.5 Å². The molecule has 1 amide bonds. The Morgan fingerprint density at radius 3 is 2.39 bits per heavy atom. The topological polar surface area (TPSA) is 97.4 Å². The molecule has 0 aliphatic carbocycles. The van der Waals surface area contributed by atoms with Crippen molar-refractivity contribution >= 4 is 32.4 Å². The van der Waals surface area contributed by atoms with Crippen LogP contribution in [0.1, 0.15) is 17.3 Å². The highest BCUT2D eigenvalue weighted by atomic mass is 32.2. The summed E-state index contributed by atoms with van der Waals surface area (Å²) in [6, 6.07) is 13.2. The highest BCUT2D eigenvalue weighted by molar-refractivity contribution is 7.89. The molecule has 0 fully saturated rings. The number of aromatic nitrogens is 1. The molecule has 9 heteroatoms. The van der Waals surface area contributed by atoms with Crippen molar-refractivity contribution in [2.24, 2.45) is 0 Å². The fourth-order valence-corrected chi connectivity index (χ4v) is 4.21. The summed E-state index contributed by atoms with van der Waals surface area (Å²) in [5.74, 6) is 0.398. The van der Waals surface area contributed by atoms with Gasteiger partial charge in [0.2, 0.25) is 10.0 Å². The second-order valence-electron chi connectivity index (χ2n) is 5.75. The predicted octanol–water partition coefficient (Wildman–Crippen LogP) is 3.37. The Hall–Kier alpha value is -2.75. The minimum Gasteiger partial charge on any atom is -0.497 e. The van der Waals surface area contributed by atoms with Crippen molar-refractivity contribution in [3.63, 3.8) is 0 Å². The molecular formula is C19H19N3O4S2. The summed E-state index contributed by atoms with van der Waals surface area (Å²) in [4.78, 5) is 16.9. The van der Waals surface area contributed by atoms with Gasteiger partial charge in [-0.3, -0.25) is 10.1 Å². The molecule has 0 saturated carbocycles. The van der Waals surface area contributed by atoms with E-state index >= 15 is 0 Å². The molecule has 146 valence electrons. The van der Waals surface area contributed by atoms with Gasteiger partial charge in [-0.2, -0.15) is 0 Å². The molecule has 0 spiro atoms. The molecule has 0 atom stereocenters. The van der Waals surface area contributed by atoms with Crippen LogP contribution in [0.2, 0.25) is 0 Å². The van der Waals surface area contributed by atoms with E-state index in [4.69, 9.17) is 4.74 Å². The van der Waals surface area contributed by atoms with Gasteiger partial charge < -0.3 is 4.74 Å². The summed E-state index contributed by atoms with van der Waals surface area (Å²) in [6.45, 7) is 2.00. The lowest BCUT2D eigenvalue weighted by Gasteiger charge is -2.06. The Kier molecular flexibility index (Phi) is 6.08. The molecule has 1 aromatic heterocycles. The molecule has 0 saturated heterocycles. The minimum absolute atomic E-state index is 0.113. The third-order valence-corrected chi connectivity index (χ3v) is 6.19. The van der Waals surface area contributed by atoms with E-state index in [1.54, 1.807) is 14.0 Å². The van der Waals surface area contributed by atoms with E-state index in [0.29, 0.717) is 17.2 Å². The lowest BCUT2D eigenvalue weighted by molar-refractivity contribution is 0.102. The van der Waals surface area contributed by atoms with Gasteiger partial charge >= 0.3 is 0 Å². The average Bonchev–Trinajstić information content (AvgIpc) is 3.16. The highest BCUT2D eigenvalue weighted by Crippen LogP contribution is 2.26. The summed E-state index contributed by atoms with van der Waals surface area (Å²) in [6.07, 6.45) is 0. The number of amides is 1. The van der Waals surface area contributed by atoms with Crippen LogP contribution < -0.4 is 14.8 Å². The normalized spacial score (nSPS) is 11.2. The van der Waals surface area contributed by atoms with Gasteiger partial charge in [0.25, 0.3) is 5.91 Å². The second kappa shape index (κ2) is 8.51. The first-order valence-corrected chi connectivity index (χ1v) is 10.8. The van der Waals surface area contributed by atoms with Crippen LogP contribution in [0.25, 0.3) is 11.3 Å². The molecule has 0 radical (unpaired) electrons. The Morgan fingerprint density at radius 2 is 1.79 bits per heavy atom. The number of carbonyl (C=O) groups excluding carboxylic acids is 1. The maximum atomic E-state index is 12.4. The van der Waals surface area contributed by atoms with Crippen molar-refractivity contribution in [2.45, 2.75) is 11.8 Å². The van der Waals surface area contributed by atoms with Crippen LogP contribution in [0.15, 0.2) is 58.8 Å². The Labute approximate surface area is 167 Å². The fraction of sp³-hybridized carbons (Fsp3) is 0.158. The van der Waals surface area contributed by atoms with Gasteiger partial charge in [0.15, 0.2) is 5.13 Å². The zero-order valence-electron chi connectivity index (χ0n) is 15.3. The number of rotatable bonds is 7. The van der Waals surface area contributed by atoms with Gasteiger partial charge in [-0.05, 0) is 48.5 Å². The van der Waals surface area contributed by atoms with Gasteiger partial charge in [-0.1, -0.05) is 6.92 Å². The van der Waals surface area contributed by atoms with E-state index in [1.165, 1.54) is 35.6 Å². The average molecular weight is 418 g/mol. The lowest BCUT2D eigenvalue weighted by atomic mass is 10.2. The molecule has 3 aromatic rings. The van der Waals surface area contributed by atoms with Gasteiger partial charge in [-0.25, -0.2) is 18.1 Å². The zero-order valence-corrected chi connectivity index (χ0v) is 16.9. The molecule has 1 heterocycles. The number of thiazole rings is 1. The molecular weight excluding hydrogens is 398 g/mol.